The molecule has 1 rings (SSSR count). The van der Waals surface area contributed by atoms with E-state index in [1.54, 1.807) is 0 Å². The van der Waals surface area contributed by atoms with Gasteiger partial charge in [0.25, 0.3) is 0 Å². The summed E-state index contributed by atoms with van der Waals surface area (Å²) < 4.78 is 0. The molecule has 0 bridgehead atoms. The van der Waals surface area contributed by atoms with Crippen LogP contribution in [0.3, 0.4) is 0 Å². The fourth-order valence-electron chi connectivity index (χ4n) is 1.65. The standard InChI is InChI=1S/C14H25N3S/c1-11(10-18-6)17(5)13-9-7-8-12(15-13)16-14(2,3)4/h7-9,11H,10H2,1-6H3,(H,15,16). The number of hydrogen-bond donors (Lipinski definition) is 1. The Morgan fingerprint density at radius 1 is 1.39 bits per heavy atom. The summed E-state index contributed by atoms with van der Waals surface area (Å²) in [7, 11) is 2.10. The minimum absolute atomic E-state index is 0.0368. The van der Waals surface area contributed by atoms with Crippen LogP contribution in [-0.2, 0) is 0 Å². The summed E-state index contributed by atoms with van der Waals surface area (Å²) in [6.45, 7) is 8.65. The number of rotatable bonds is 5. The minimum atomic E-state index is 0.0368. The lowest BCUT2D eigenvalue weighted by Crippen LogP contribution is -2.32. The van der Waals surface area contributed by atoms with E-state index in [4.69, 9.17) is 0 Å². The van der Waals surface area contributed by atoms with Crippen LogP contribution >= 0.6 is 11.8 Å². The van der Waals surface area contributed by atoms with E-state index in [-0.39, 0.29) is 5.54 Å². The summed E-state index contributed by atoms with van der Waals surface area (Å²) >= 11 is 1.86. The molecule has 1 aromatic heterocycles. The van der Waals surface area contributed by atoms with Crippen LogP contribution in [0.2, 0.25) is 0 Å². The third-order valence-electron chi connectivity index (χ3n) is 2.67. The van der Waals surface area contributed by atoms with Gasteiger partial charge >= 0.3 is 0 Å². The first-order valence-electron chi connectivity index (χ1n) is 6.30. The Bertz CT molecular complexity index is 374. The molecule has 0 aromatic carbocycles. The monoisotopic (exact) mass is 267 g/mol. The fourth-order valence-corrected chi connectivity index (χ4v) is 2.36. The summed E-state index contributed by atoms with van der Waals surface area (Å²) in [6.07, 6.45) is 2.13. The number of anilines is 2. The van der Waals surface area contributed by atoms with E-state index in [2.05, 4.69) is 68.3 Å². The molecule has 18 heavy (non-hydrogen) atoms. The van der Waals surface area contributed by atoms with Gasteiger partial charge in [0.1, 0.15) is 11.6 Å². The molecule has 0 amide bonds. The Kier molecular flexibility index (Phi) is 5.32. The predicted octanol–water partition coefficient (Wildman–Crippen LogP) is 3.48. The normalized spacial score (nSPS) is 13.2. The van der Waals surface area contributed by atoms with Gasteiger partial charge in [-0.2, -0.15) is 11.8 Å². The second kappa shape index (κ2) is 6.32. The molecule has 0 aliphatic rings. The molecule has 0 aliphatic heterocycles. The third-order valence-corrected chi connectivity index (χ3v) is 3.48. The molecular weight excluding hydrogens is 242 g/mol. The van der Waals surface area contributed by atoms with Crippen molar-refractivity contribution < 1.29 is 0 Å². The molecule has 4 heteroatoms. The van der Waals surface area contributed by atoms with Crippen LogP contribution in [0.4, 0.5) is 11.6 Å². The maximum atomic E-state index is 4.67. The number of thioether (sulfide) groups is 1. The van der Waals surface area contributed by atoms with Crippen molar-refractivity contribution in [3.63, 3.8) is 0 Å². The molecule has 1 heterocycles. The summed E-state index contributed by atoms with van der Waals surface area (Å²) in [5.74, 6) is 3.06. The van der Waals surface area contributed by atoms with Crippen LogP contribution in [0, 0.1) is 0 Å². The van der Waals surface area contributed by atoms with Crippen LogP contribution in [0.15, 0.2) is 18.2 Å². The zero-order valence-electron chi connectivity index (χ0n) is 12.3. The van der Waals surface area contributed by atoms with E-state index in [9.17, 15) is 0 Å². The maximum Gasteiger partial charge on any atom is 0.130 e. The zero-order valence-corrected chi connectivity index (χ0v) is 13.1. The smallest absolute Gasteiger partial charge is 0.130 e. The summed E-state index contributed by atoms with van der Waals surface area (Å²) in [6, 6.07) is 6.61. The Labute approximate surface area is 115 Å². The Morgan fingerprint density at radius 3 is 2.61 bits per heavy atom. The van der Waals surface area contributed by atoms with Crippen LogP contribution in [-0.4, -0.2) is 35.6 Å². The fraction of sp³-hybridized carbons (Fsp3) is 0.643. The number of hydrogen-bond acceptors (Lipinski definition) is 4. The van der Waals surface area contributed by atoms with Gasteiger partial charge in [-0.3, -0.25) is 0 Å². The van der Waals surface area contributed by atoms with E-state index in [1.165, 1.54) is 0 Å². The summed E-state index contributed by atoms with van der Waals surface area (Å²) in [4.78, 5) is 6.89. The number of pyridine rings is 1. The SMILES string of the molecule is CSCC(C)N(C)c1cccc(NC(C)(C)C)n1. The second-order valence-corrected chi connectivity index (χ2v) is 6.58. The molecule has 0 spiro atoms. The average molecular weight is 267 g/mol. The minimum Gasteiger partial charge on any atom is -0.365 e. The van der Waals surface area contributed by atoms with Gasteiger partial charge < -0.3 is 10.2 Å². The van der Waals surface area contributed by atoms with Crippen LogP contribution in [0.1, 0.15) is 27.7 Å². The highest BCUT2D eigenvalue weighted by Crippen LogP contribution is 2.19. The Hall–Kier alpha value is -0.900. The van der Waals surface area contributed by atoms with E-state index in [0.29, 0.717) is 6.04 Å². The van der Waals surface area contributed by atoms with Gasteiger partial charge in [0.2, 0.25) is 0 Å². The highest BCUT2D eigenvalue weighted by atomic mass is 32.2. The lowest BCUT2D eigenvalue weighted by Gasteiger charge is -2.27. The Morgan fingerprint density at radius 2 is 2.06 bits per heavy atom. The molecule has 1 N–H and O–H groups in total. The van der Waals surface area contributed by atoms with Crippen molar-refractivity contribution in [3.05, 3.63) is 18.2 Å². The molecule has 0 saturated carbocycles. The lowest BCUT2D eigenvalue weighted by molar-refractivity contribution is 0.630. The first-order valence-corrected chi connectivity index (χ1v) is 7.70. The van der Waals surface area contributed by atoms with Crippen LogP contribution in [0.5, 0.6) is 0 Å². The molecule has 3 nitrogen and oxygen atoms in total. The van der Waals surface area contributed by atoms with Gasteiger partial charge in [0.05, 0.1) is 0 Å². The van der Waals surface area contributed by atoms with E-state index in [1.807, 2.05) is 17.8 Å². The van der Waals surface area contributed by atoms with Crippen molar-refractivity contribution in [3.8, 4) is 0 Å². The van der Waals surface area contributed by atoms with Crippen LogP contribution in [0.25, 0.3) is 0 Å². The first-order chi connectivity index (χ1) is 8.33. The highest BCUT2D eigenvalue weighted by molar-refractivity contribution is 7.98. The average Bonchev–Trinajstić information content (AvgIpc) is 2.26. The molecule has 0 radical (unpaired) electrons. The third kappa shape index (κ3) is 4.77. The Balaban J connectivity index is 2.81. The van der Waals surface area contributed by atoms with Gasteiger partial charge in [-0.05, 0) is 46.1 Å². The van der Waals surface area contributed by atoms with Crippen molar-refractivity contribution in [2.45, 2.75) is 39.3 Å². The quantitative estimate of drug-likeness (QED) is 0.884. The van der Waals surface area contributed by atoms with Gasteiger partial charge in [-0.1, -0.05) is 6.07 Å². The van der Waals surface area contributed by atoms with Gasteiger partial charge in [0, 0.05) is 24.4 Å². The zero-order chi connectivity index (χ0) is 13.8. The highest BCUT2D eigenvalue weighted by Gasteiger charge is 2.13. The van der Waals surface area contributed by atoms with E-state index < -0.39 is 0 Å². The molecule has 0 aliphatic carbocycles. The largest absolute Gasteiger partial charge is 0.365 e. The number of nitrogens with one attached hydrogen (secondary N) is 1. The number of nitrogens with zero attached hydrogens (tertiary/aromatic N) is 2. The summed E-state index contributed by atoms with van der Waals surface area (Å²) in [5, 5.41) is 3.40. The number of aromatic nitrogens is 1. The van der Waals surface area contributed by atoms with Gasteiger partial charge in [-0.15, -0.1) is 0 Å². The molecule has 0 fully saturated rings. The van der Waals surface area contributed by atoms with Gasteiger partial charge in [-0.25, -0.2) is 4.98 Å². The molecule has 1 unspecified atom stereocenters. The lowest BCUT2D eigenvalue weighted by atomic mass is 10.1. The topological polar surface area (TPSA) is 28.2 Å². The molecule has 1 aromatic rings. The van der Waals surface area contributed by atoms with Crippen molar-refractivity contribution >= 4 is 23.4 Å². The summed E-state index contributed by atoms with van der Waals surface area (Å²) in [5.41, 5.74) is 0.0368. The van der Waals surface area contributed by atoms with Crippen molar-refractivity contribution in [1.29, 1.82) is 0 Å². The van der Waals surface area contributed by atoms with E-state index >= 15 is 0 Å². The van der Waals surface area contributed by atoms with Crippen LogP contribution < -0.4 is 10.2 Å². The maximum absolute atomic E-state index is 4.67. The molecule has 1 atom stereocenters. The van der Waals surface area contributed by atoms with Crippen molar-refractivity contribution in [2.24, 2.45) is 0 Å². The second-order valence-electron chi connectivity index (χ2n) is 5.67. The molecular formula is C14H25N3S. The predicted molar refractivity (Wildman–Crippen MR) is 83.9 cm³/mol. The van der Waals surface area contributed by atoms with Crippen molar-refractivity contribution in [2.75, 3.05) is 29.3 Å². The van der Waals surface area contributed by atoms with Gasteiger partial charge in [0.15, 0.2) is 0 Å². The van der Waals surface area contributed by atoms with Crippen molar-refractivity contribution in [1.82, 2.24) is 4.98 Å². The molecule has 102 valence electrons. The van der Waals surface area contributed by atoms with E-state index in [0.717, 1.165) is 17.4 Å². The first kappa shape index (κ1) is 15.2. The molecule has 0 saturated heterocycles.